The molecule has 1 aromatic carbocycles. The monoisotopic (exact) mass is 257 g/mol. The number of halogens is 1. The van der Waals surface area contributed by atoms with Gasteiger partial charge in [0.25, 0.3) is 0 Å². The van der Waals surface area contributed by atoms with Crippen molar-refractivity contribution in [2.45, 2.75) is 32.4 Å². The largest absolute Gasteiger partial charge is 0.214 e. The summed E-state index contributed by atoms with van der Waals surface area (Å²) in [6.45, 7) is 1.91. The molecule has 0 aromatic heterocycles. The first-order chi connectivity index (χ1) is 8.03. The van der Waals surface area contributed by atoms with E-state index >= 15 is 0 Å². The quantitative estimate of drug-likeness (QED) is 0.810. The van der Waals surface area contributed by atoms with E-state index in [1.54, 1.807) is 19.1 Å². The van der Waals surface area contributed by atoms with E-state index in [0.29, 0.717) is 5.56 Å². The fourth-order valence-corrected chi connectivity index (χ4v) is 3.14. The third-order valence-corrected chi connectivity index (χ3v) is 4.78. The van der Waals surface area contributed by atoms with Crippen molar-refractivity contribution < 1.29 is 12.8 Å². The fraction of sp³-hybridized carbons (Fsp3) is 0.500. The van der Waals surface area contributed by atoms with Gasteiger partial charge in [-0.3, -0.25) is 0 Å². The zero-order valence-electron chi connectivity index (χ0n) is 9.77. The Morgan fingerprint density at radius 3 is 2.65 bits per heavy atom. The molecule has 1 fully saturated rings. The molecule has 1 aromatic rings. The predicted molar refractivity (Wildman–Crippen MR) is 64.4 cm³/mol. The molecule has 0 atom stereocenters. The van der Waals surface area contributed by atoms with Gasteiger partial charge in [0, 0.05) is 12.6 Å². The van der Waals surface area contributed by atoms with Crippen molar-refractivity contribution >= 4 is 10.0 Å². The highest BCUT2D eigenvalue weighted by Gasteiger charge is 2.36. The molecule has 0 unspecified atom stereocenters. The number of benzene rings is 1. The lowest BCUT2D eigenvalue weighted by molar-refractivity contribution is 0.398. The summed E-state index contributed by atoms with van der Waals surface area (Å²) in [7, 11) is -3.20. The number of hydrogen-bond acceptors (Lipinski definition) is 2. The van der Waals surface area contributed by atoms with Gasteiger partial charge in [0.05, 0.1) is 5.75 Å². The molecule has 0 spiro atoms. The summed E-state index contributed by atoms with van der Waals surface area (Å²) in [6, 6.07) is 6.22. The lowest BCUT2D eigenvalue weighted by atomic mass is 10.2. The van der Waals surface area contributed by atoms with E-state index in [-0.39, 0.29) is 24.2 Å². The van der Waals surface area contributed by atoms with Crippen LogP contribution in [0.15, 0.2) is 24.3 Å². The first kappa shape index (κ1) is 12.5. The van der Waals surface area contributed by atoms with Crippen molar-refractivity contribution in [1.29, 1.82) is 0 Å². The van der Waals surface area contributed by atoms with Crippen molar-refractivity contribution in [3.63, 3.8) is 0 Å². The first-order valence-corrected chi connectivity index (χ1v) is 7.38. The SMILES string of the molecule is CCS(=O)(=O)N(Cc1cccc(F)c1)C1CC1. The van der Waals surface area contributed by atoms with Crippen molar-refractivity contribution in [1.82, 2.24) is 4.31 Å². The smallest absolute Gasteiger partial charge is 0.212 e. The Hall–Kier alpha value is -0.940. The summed E-state index contributed by atoms with van der Waals surface area (Å²) < 4.78 is 38.4. The highest BCUT2D eigenvalue weighted by atomic mass is 32.2. The van der Waals surface area contributed by atoms with Crippen LogP contribution < -0.4 is 0 Å². The average molecular weight is 257 g/mol. The van der Waals surface area contributed by atoms with Gasteiger partial charge < -0.3 is 0 Å². The number of nitrogens with zero attached hydrogens (tertiary/aromatic N) is 1. The minimum atomic E-state index is -3.20. The fourth-order valence-electron chi connectivity index (χ4n) is 1.80. The van der Waals surface area contributed by atoms with E-state index in [0.717, 1.165) is 12.8 Å². The van der Waals surface area contributed by atoms with E-state index in [1.165, 1.54) is 16.4 Å². The molecule has 1 saturated carbocycles. The summed E-state index contributed by atoms with van der Waals surface area (Å²) in [5.74, 6) is -0.231. The van der Waals surface area contributed by atoms with Crippen LogP contribution in [0.1, 0.15) is 25.3 Å². The maximum absolute atomic E-state index is 13.0. The Kier molecular flexibility index (Phi) is 3.49. The molecule has 94 valence electrons. The Bertz CT molecular complexity index is 497. The van der Waals surface area contributed by atoms with Crippen LogP contribution >= 0.6 is 0 Å². The van der Waals surface area contributed by atoms with Crippen LogP contribution in [0.4, 0.5) is 4.39 Å². The van der Waals surface area contributed by atoms with Gasteiger partial charge in [-0.2, -0.15) is 4.31 Å². The first-order valence-electron chi connectivity index (χ1n) is 5.77. The Balaban J connectivity index is 2.19. The van der Waals surface area contributed by atoms with Crippen molar-refractivity contribution in [3.8, 4) is 0 Å². The maximum Gasteiger partial charge on any atom is 0.214 e. The van der Waals surface area contributed by atoms with Crippen molar-refractivity contribution in [2.24, 2.45) is 0 Å². The molecule has 0 N–H and O–H groups in total. The minimum Gasteiger partial charge on any atom is -0.212 e. The van der Waals surface area contributed by atoms with Crippen molar-refractivity contribution in [3.05, 3.63) is 35.6 Å². The topological polar surface area (TPSA) is 37.4 Å². The summed E-state index contributed by atoms with van der Waals surface area (Å²) in [5.41, 5.74) is 0.703. The number of sulfonamides is 1. The van der Waals surface area contributed by atoms with Gasteiger partial charge in [0.1, 0.15) is 5.82 Å². The van der Waals surface area contributed by atoms with Gasteiger partial charge >= 0.3 is 0 Å². The second-order valence-corrected chi connectivity index (χ2v) is 6.52. The van der Waals surface area contributed by atoms with Gasteiger partial charge in [0.15, 0.2) is 0 Å². The molecule has 1 aliphatic rings. The highest BCUT2D eigenvalue weighted by Crippen LogP contribution is 2.31. The van der Waals surface area contributed by atoms with E-state index in [2.05, 4.69) is 0 Å². The lowest BCUT2D eigenvalue weighted by Gasteiger charge is -2.21. The molecule has 2 rings (SSSR count). The summed E-state index contributed by atoms with van der Waals surface area (Å²) in [6.07, 6.45) is 1.82. The zero-order chi connectivity index (χ0) is 12.5. The Morgan fingerprint density at radius 2 is 2.12 bits per heavy atom. The maximum atomic E-state index is 13.0. The summed E-state index contributed by atoms with van der Waals surface area (Å²) >= 11 is 0. The second kappa shape index (κ2) is 4.74. The number of hydrogen-bond donors (Lipinski definition) is 0. The van der Waals surface area contributed by atoms with Gasteiger partial charge in [-0.25, -0.2) is 12.8 Å². The highest BCUT2D eigenvalue weighted by molar-refractivity contribution is 7.89. The van der Waals surface area contributed by atoms with Crippen LogP contribution in [0.5, 0.6) is 0 Å². The Morgan fingerprint density at radius 1 is 1.41 bits per heavy atom. The van der Waals surface area contributed by atoms with Crippen LogP contribution in [0.3, 0.4) is 0 Å². The van der Waals surface area contributed by atoms with Crippen molar-refractivity contribution in [2.75, 3.05) is 5.75 Å². The molecule has 17 heavy (non-hydrogen) atoms. The van der Waals surface area contributed by atoms with Gasteiger partial charge in [-0.1, -0.05) is 12.1 Å². The van der Waals surface area contributed by atoms with Crippen LogP contribution in [-0.4, -0.2) is 24.5 Å². The standard InChI is InChI=1S/C12H16FNO2S/c1-2-17(15,16)14(12-6-7-12)9-10-4-3-5-11(13)8-10/h3-5,8,12H,2,6-7,9H2,1H3. The molecular formula is C12H16FNO2S. The molecule has 0 aliphatic heterocycles. The van der Waals surface area contributed by atoms with Crippen LogP contribution in [0.2, 0.25) is 0 Å². The zero-order valence-corrected chi connectivity index (χ0v) is 10.6. The number of rotatable bonds is 5. The van der Waals surface area contributed by atoms with E-state index < -0.39 is 10.0 Å². The molecule has 3 nitrogen and oxygen atoms in total. The van der Waals surface area contributed by atoms with Crippen LogP contribution in [0, 0.1) is 5.82 Å². The molecular weight excluding hydrogens is 241 g/mol. The summed E-state index contributed by atoms with van der Waals surface area (Å²) in [4.78, 5) is 0. The molecule has 0 saturated heterocycles. The van der Waals surface area contributed by atoms with Gasteiger partial charge in [0.2, 0.25) is 10.0 Å². The van der Waals surface area contributed by atoms with Crippen LogP contribution in [-0.2, 0) is 16.6 Å². The summed E-state index contributed by atoms with van der Waals surface area (Å²) in [5, 5.41) is 0. The van der Waals surface area contributed by atoms with E-state index in [4.69, 9.17) is 0 Å². The lowest BCUT2D eigenvalue weighted by Crippen LogP contribution is -2.33. The molecule has 5 heteroatoms. The predicted octanol–water partition coefficient (Wildman–Crippen LogP) is 2.14. The van der Waals surface area contributed by atoms with E-state index in [1.807, 2.05) is 0 Å². The molecule has 0 bridgehead atoms. The Labute approximate surface area is 101 Å². The molecule has 0 radical (unpaired) electrons. The van der Waals surface area contributed by atoms with Crippen LogP contribution in [0.25, 0.3) is 0 Å². The van der Waals surface area contributed by atoms with Gasteiger partial charge in [-0.05, 0) is 37.5 Å². The molecule has 1 aliphatic carbocycles. The van der Waals surface area contributed by atoms with E-state index in [9.17, 15) is 12.8 Å². The second-order valence-electron chi connectivity index (χ2n) is 4.31. The third-order valence-electron chi connectivity index (χ3n) is 2.90. The average Bonchev–Trinajstić information content (AvgIpc) is 3.10. The third kappa shape index (κ3) is 3.04. The van der Waals surface area contributed by atoms with Gasteiger partial charge in [-0.15, -0.1) is 0 Å². The molecule has 0 heterocycles. The molecule has 0 amide bonds. The minimum absolute atomic E-state index is 0.0960. The normalized spacial score (nSPS) is 16.4.